The number of benzene rings is 2. The highest BCUT2D eigenvalue weighted by Gasteiger charge is 2.14. The zero-order chi connectivity index (χ0) is 19.0. The van der Waals surface area contributed by atoms with Gasteiger partial charge in [-0.3, -0.25) is 14.9 Å². The van der Waals surface area contributed by atoms with Gasteiger partial charge in [-0.1, -0.05) is 11.3 Å². The molecule has 4 rings (SSSR count). The molecule has 2 heterocycles. The van der Waals surface area contributed by atoms with Crippen LogP contribution in [-0.4, -0.2) is 22.9 Å². The summed E-state index contributed by atoms with van der Waals surface area (Å²) in [5.74, 6) is 0.429. The molecule has 136 valence electrons. The third-order valence-electron chi connectivity index (χ3n) is 4.04. The van der Waals surface area contributed by atoms with E-state index in [1.54, 1.807) is 31.6 Å². The van der Waals surface area contributed by atoms with Crippen molar-refractivity contribution in [1.29, 1.82) is 0 Å². The van der Waals surface area contributed by atoms with Crippen molar-refractivity contribution in [1.82, 2.24) is 4.98 Å². The number of thiazole rings is 1. The van der Waals surface area contributed by atoms with Crippen LogP contribution >= 0.6 is 11.3 Å². The molecule has 0 unspecified atom stereocenters. The first-order valence-corrected chi connectivity index (χ1v) is 8.74. The molecule has 0 fully saturated rings. The molecule has 0 aliphatic rings. The number of ether oxygens (including phenoxy) is 1. The van der Waals surface area contributed by atoms with Crippen molar-refractivity contribution in [2.24, 2.45) is 0 Å². The summed E-state index contributed by atoms with van der Waals surface area (Å²) >= 11 is 1.19. The van der Waals surface area contributed by atoms with E-state index in [9.17, 15) is 14.9 Å². The van der Waals surface area contributed by atoms with Crippen LogP contribution in [0.2, 0.25) is 0 Å². The van der Waals surface area contributed by atoms with Gasteiger partial charge in [0.05, 0.1) is 34.9 Å². The Balaban J connectivity index is 1.52. The monoisotopic (exact) mass is 383 g/mol. The summed E-state index contributed by atoms with van der Waals surface area (Å²) in [7, 11) is 1.57. The highest BCUT2D eigenvalue weighted by molar-refractivity contribution is 7.22. The van der Waals surface area contributed by atoms with Gasteiger partial charge in [-0.05, 0) is 18.2 Å². The van der Waals surface area contributed by atoms with Crippen molar-refractivity contribution >= 4 is 49.2 Å². The van der Waals surface area contributed by atoms with Crippen molar-refractivity contribution in [2.45, 2.75) is 6.42 Å². The topological polar surface area (TPSA) is 108 Å². The summed E-state index contributed by atoms with van der Waals surface area (Å²) < 4.78 is 11.3. The lowest BCUT2D eigenvalue weighted by Gasteiger charge is -2.01. The Kier molecular flexibility index (Phi) is 4.21. The molecular weight excluding hydrogens is 370 g/mol. The average Bonchev–Trinajstić information content (AvgIpc) is 3.23. The number of methoxy groups -OCH3 is 1. The van der Waals surface area contributed by atoms with E-state index >= 15 is 0 Å². The van der Waals surface area contributed by atoms with Crippen LogP contribution < -0.4 is 10.1 Å². The number of nitro benzene ring substituents is 1. The standard InChI is InChI=1S/C18H13N3O5S/c1-25-12-3-4-13-10(9-26-15(13)8-12)6-17(22)20-18-19-14-5-2-11(21(23)24)7-16(14)27-18/h2-5,7-9H,6H2,1H3,(H,19,20,22). The van der Waals surface area contributed by atoms with E-state index in [1.807, 2.05) is 6.07 Å². The number of fused-ring (bicyclic) bond motifs is 2. The number of nitrogens with zero attached hydrogens (tertiary/aromatic N) is 2. The number of hydrogen-bond acceptors (Lipinski definition) is 7. The van der Waals surface area contributed by atoms with E-state index in [2.05, 4.69) is 10.3 Å². The second-order valence-corrected chi connectivity index (χ2v) is 6.81. The molecule has 2 aromatic carbocycles. The van der Waals surface area contributed by atoms with Gasteiger partial charge < -0.3 is 14.5 Å². The molecular formula is C18H13N3O5S. The third kappa shape index (κ3) is 3.32. The fourth-order valence-corrected chi connectivity index (χ4v) is 3.66. The Bertz CT molecular complexity index is 1180. The quantitative estimate of drug-likeness (QED) is 0.410. The van der Waals surface area contributed by atoms with Crippen molar-refractivity contribution in [2.75, 3.05) is 12.4 Å². The summed E-state index contributed by atoms with van der Waals surface area (Å²) in [6, 6.07) is 9.81. The highest BCUT2D eigenvalue weighted by atomic mass is 32.1. The van der Waals surface area contributed by atoms with E-state index in [4.69, 9.17) is 9.15 Å². The maximum absolute atomic E-state index is 12.4. The number of amides is 1. The fourth-order valence-electron chi connectivity index (χ4n) is 2.74. The number of aromatic nitrogens is 1. The highest BCUT2D eigenvalue weighted by Crippen LogP contribution is 2.30. The van der Waals surface area contributed by atoms with Gasteiger partial charge in [0.15, 0.2) is 5.13 Å². The summed E-state index contributed by atoms with van der Waals surface area (Å²) in [5.41, 5.74) is 1.98. The molecule has 0 radical (unpaired) electrons. The second kappa shape index (κ2) is 6.69. The van der Waals surface area contributed by atoms with Crippen LogP contribution in [0, 0.1) is 10.1 Å². The maximum Gasteiger partial charge on any atom is 0.270 e. The number of rotatable bonds is 5. The number of carbonyl (C=O) groups excluding carboxylic acids is 1. The Morgan fingerprint density at radius 3 is 2.96 bits per heavy atom. The largest absolute Gasteiger partial charge is 0.497 e. The summed E-state index contributed by atoms with van der Waals surface area (Å²) in [5, 5.41) is 14.8. The number of nitro groups is 1. The summed E-state index contributed by atoms with van der Waals surface area (Å²) in [4.78, 5) is 27.1. The zero-order valence-corrected chi connectivity index (χ0v) is 14.9. The number of furan rings is 1. The normalized spacial score (nSPS) is 11.0. The Hall–Kier alpha value is -3.46. The van der Waals surface area contributed by atoms with E-state index in [0.29, 0.717) is 26.7 Å². The van der Waals surface area contributed by atoms with Gasteiger partial charge >= 0.3 is 0 Å². The first-order chi connectivity index (χ1) is 13.0. The molecule has 2 aromatic heterocycles. The van der Waals surface area contributed by atoms with E-state index in [-0.39, 0.29) is 18.0 Å². The Morgan fingerprint density at radius 2 is 2.19 bits per heavy atom. The molecule has 4 aromatic rings. The number of non-ortho nitro benzene ring substituents is 1. The summed E-state index contributed by atoms with van der Waals surface area (Å²) in [6.45, 7) is 0. The van der Waals surface area contributed by atoms with Gasteiger partial charge in [-0.2, -0.15) is 0 Å². The van der Waals surface area contributed by atoms with Gasteiger partial charge in [0.25, 0.3) is 5.69 Å². The number of nitrogens with one attached hydrogen (secondary N) is 1. The van der Waals surface area contributed by atoms with Crippen LogP contribution in [0.3, 0.4) is 0 Å². The van der Waals surface area contributed by atoms with Crippen LogP contribution in [-0.2, 0) is 11.2 Å². The number of hydrogen-bond donors (Lipinski definition) is 1. The fraction of sp³-hybridized carbons (Fsp3) is 0.111. The molecule has 0 aliphatic heterocycles. The molecule has 0 bridgehead atoms. The molecule has 1 amide bonds. The summed E-state index contributed by atoms with van der Waals surface area (Å²) in [6.07, 6.45) is 1.67. The van der Waals surface area contributed by atoms with Crippen molar-refractivity contribution in [3.63, 3.8) is 0 Å². The molecule has 0 atom stereocenters. The molecule has 0 saturated carbocycles. The van der Waals surface area contributed by atoms with E-state index in [1.165, 1.54) is 23.5 Å². The lowest BCUT2D eigenvalue weighted by atomic mass is 10.1. The predicted octanol–water partition coefficient (Wildman–Crippen LogP) is 4.14. The van der Waals surface area contributed by atoms with Crippen LogP contribution in [0.4, 0.5) is 10.8 Å². The number of carbonyl (C=O) groups is 1. The van der Waals surface area contributed by atoms with Gasteiger partial charge in [0.2, 0.25) is 5.91 Å². The molecule has 9 heteroatoms. The van der Waals surface area contributed by atoms with Crippen molar-refractivity contribution < 1.29 is 18.9 Å². The van der Waals surface area contributed by atoms with E-state index < -0.39 is 4.92 Å². The van der Waals surface area contributed by atoms with Gasteiger partial charge in [0.1, 0.15) is 11.3 Å². The predicted molar refractivity (Wildman–Crippen MR) is 101 cm³/mol. The van der Waals surface area contributed by atoms with Crippen LogP contribution in [0.15, 0.2) is 47.1 Å². The van der Waals surface area contributed by atoms with Gasteiger partial charge in [0, 0.05) is 29.1 Å². The second-order valence-electron chi connectivity index (χ2n) is 5.78. The Labute approximate surface area is 156 Å². The SMILES string of the molecule is COc1ccc2c(CC(=O)Nc3nc4ccc([N+](=O)[O-])cc4s3)coc2c1. The minimum Gasteiger partial charge on any atom is -0.497 e. The number of anilines is 1. The molecule has 0 aliphatic carbocycles. The molecule has 1 N–H and O–H groups in total. The smallest absolute Gasteiger partial charge is 0.270 e. The maximum atomic E-state index is 12.4. The van der Waals surface area contributed by atoms with Gasteiger partial charge in [-0.25, -0.2) is 4.98 Å². The molecule has 0 saturated heterocycles. The van der Waals surface area contributed by atoms with E-state index in [0.717, 1.165) is 10.9 Å². The average molecular weight is 383 g/mol. The lowest BCUT2D eigenvalue weighted by Crippen LogP contribution is -2.13. The minimum atomic E-state index is -0.462. The van der Waals surface area contributed by atoms with Crippen molar-refractivity contribution in [3.05, 3.63) is 58.3 Å². The Morgan fingerprint density at radius 1 is 1.33 bits per heavy atom. The van der Waals surface area contributed by atoms with Gasteiger partial charge in [-0.15, -0.1) is 0 Å². The van der Waals surface area contributed by atoms with Crippen molar-refractivity contribution in [3.8, 4) is 5.75 Å². The first-order valence-electron chi connectivity index (χ1n) is 7.92. The molecule has 27 heavy (non-hydrogen) atoms. The van der Waals surface area contributed by atoms with Crippen LogP contribution in [0.1, 0.15) is 5.56 Å². The first kappa shape index (κ1) is 17.0. The van der Waals surface area contributed by atoms with Crippen LogP contribution in [0.5, 0.6) is 5.75 Å². The van der Waals surface area contributed by atoms with Crippen LogP contribution in [0.25, 0.3) is 21.2 Å². The minimum absolute atomic E-state index is 0.00989. The molecule has 0 spiro atoms. The lowest BCUT2D eigenvalue weighted by molar-refractivity contribution is -0.384. The zero-order valence-electron chi connectivity index (χ0n) is 14.1. The molecule has 8 nitrogen and oxygen atoms in total. The third-order valence-corrected chi connectivity index (χ3v) is 4.98.